The van der Waals surface area contributed by atoms with Crippen molar-refractivity contribution in [3.05, 3.63) is 60.2 Å². The maximum absolute atomic E-state index is 12.9. The van der Waals surface area contributed by atoms with Crippen LogP contribution in [0.2, 0.25) is 0 Å². The summed E-state index contributed by atoms with van der Waals surface area (Å²) in [5.41, 5.74) is 9.90. The Kier molecular flexibility index (Phi) is 6.02. The number of nitrogens with zero attached hydrogens (tertiary/aromatic N) is 1. The Morgan fingerprint density at radius 2 is 1.72 bits per heavy atom. The van der Waals surface area contributed by atoms with Crippen LogP contribution < -0.4 is 5.73 Å². The van der Waals surface area contributed by atoms with Crippen molar-refractivity contribution in [1.29, 1.82) is 0 Å². The van der Waals surface area contributed by atoms with Crippen molar-refractivity contribution in [2.75, 3.05) is 18.9 Å². The van der Waals surface area contributed by atoms with Crippen LogP contribution in [-0.2, 0) is 26.1 Å². The topological polar surface area (TPSA) is 83.6 Å². The number of fused-ring (bicyclic) bond motifs is 1. The van der Waals surface area contributed by atoms with E-state index < -0.39 is 11.9 Å². The fourth-order valence-electron chi connectivity index (χ4n) is 3.41. The van der Waals surface area contributed by atoms with Gasteiger partial charge in [-0.1, -0.05) is 30.3 Å². The lowest BCUT2D eigenvalue weighted by Gasteiger charge is -2.11. The van der Waals surface area contributed by atoms with Gasteiger partial charge in [0.2, 0.25) is 0 Å². The molecule has 0 spiro atoms. The minimum absolute atomic E-state index is 0.139. The number of carbonyl (C=O) groups excluding carboxylic acids is 2. The Hall–Kier alpha value is -3.54. The van der Waals surface area contributed by atoms with Crippen molar-refractivity contribution in [2.24, 2.45) is 7.05 Å². The van der Waals surface area contributed by atoms with E-state index >= 15 is 0 Å². The highest BCUT2D eigenvalue weighted by Gasteiger charge is 2.26. The van der Waals surface area contributed by atoms with E-state index in [0.29, 0.717) is 11.3 Å². The summed E-state index contributed by atoms with van der Waals surface area (Å²) in [7, 11) is 1.91. The molecule has 0 aliphatic carbocycles. The molecule has 0 saturated carbocycles. The number of carbonyl (C=O) groups is 2. The molecule has 0 atom stereocenters. The molecule has 3 rings (SSSR count). The van der Waals surface area contributed by atoms with Crippen LogP contribution in [0.3, 0.4) is 0 Å². The van der Waals surface area contributed by atoms with E-state index in [-0.39, 0.29) is 18.8 Å². The zero-order chi connectivity index (χ0) is 21.0. The molecular weight excluding hydrogens is 368 g/mol. The number of ether oxygens (including phenoxy) is 2. The second-order valence-electron chi connectivity index (χ2n) is 6.46. The highest BCUT2D eigenvalue weighted by atomic mass is 16.5. The number of anilines is 1. The Labute approximate surface area is 169 Å². The van der Waals surface area contributed by atoms with E-state index in [1.54, 1.807) is 26.0 Å². The molecule has 6 nitrogen and oxygen atoms in total. The third kappa shape index (κ3) is 4.01. The number of rotatable bonds is 6. The van der Waals surface area contributed by atoms with Gasteiger partial charge in [-0.05, 0) is 37.6 Å². The van der Waals surface area contributed by atoms with Gasteiger partial charge < -0.3 is 19.8 Å². The van der Waals surface area contributed by atoms with Crippen molar-refractivity contribution >= 4 is 34.1 Å². The molecule has 0 unspecified atom stereocenters. The number of benzene rings is 2. The molecule has 2 aromatic carbocycles. The number of aryl methyl sites for hydroxylation is 1. The van der Waals surface area contributed by atoms with E-state index in [1.165, 1.54) is 6.08 Å². The smallest absolute Gasteiger partial charge is 0.339 e. The Morgan fingerprint density at radius 3 is 2.38 bits per heavy atom. The predicted molar refractivity (Wildman–Crippen MR) is 114 cm³/mol. The molecule has 0 fully saturated rings. The molecule has 6 heteroatoms. The minimum atomic E-state index is -0.601. The number of hydrogen-bond donors (Lipinski definition) is 1. The molecular formula is C23H24N2O4. The van der Waals surface area contributed by atoms with E-state index in [1.807, 2.05) is 48.0 Å². The highest BCUT2D eigenvalue weighted by Crippen LogP contribution is 2.39. The average Bonchev–Trinajstić information content (AvgIpc) is 2.98. The van der Waals surface area contributed by atoms with Gasteiger partial charge in [-0.15, -0.1) is 0 Å². The van der Waals surface area contributed by atoms with Gasteiger partial charge in [0, 0.05) is 35.3 Å². The predicted octanol–water partition coefficient (Wildman–Crippen LogP) is 3.94. The van der Waals surface area contributed by atoms with Gasteiger partial charge in [0.25, 0.3) is 0 Å². The largest absolute Gasteiger partial charge is 0.463 e. The lowest BCUT2D eigenvalue weighted by atomic mass is 9.97. The quantitative estimate of drug-likeness (QED) is 0.390. The molecule has 150 valence electrons. The zero-order valence-electron chi connectivity index (χ0n) is 16.8. The lowest BCUT2D eigenvalue weighted by Crippen LogP contribution is -2.11. The normalized spacial score (nSPS) is 11.5. The molecule has 3 aromatic rings. The summed E-state index contributed by atoms with van der Waals surface area (Å²) in [4.78, 5) is 25.1. The minimum Gasteiger partial charge on any atom is -0.463 e. The standard InChI is InChI=1S/C23H24N2O4/c1-4-28-20(26)14-18(23(27)29-5-2)21-17-13-16(24)11-12-19(17)25(3)22(21)15-9-7-6-8-10-15/h6-14H,4-5,24H2,1-3H3/b18-14+. The van der Waals surface area contributed by atoms with Crippen LogP contribution in [0, 0.1) is 0 Å². The summed E-state index contributed by atoms with van der Waals surface area (Å²) in [6.45, 7) is 3.83. The Balaban J connectivity index is 2.38. The molecule has 0 saturated heterocycles. The lowest BCUT2D eigenvalue weighted by molar-refractivity contribution is -0.139. The molecule has 0 amide bonds. The zero-order valence-corrected chi connectivity index (χ0v) is 16.8. The fourth-order valence-corrected chi connectivity index (χ4v) is 3.41. The first-order valence-corrected chi connectivity index (χ1v) is 9.47. The van der Waals surface area contributed by atoms with Gasteiger partial charge in [0.15, 0.2) is 0 Å². The molecule has 1 aromatic heterocycles. The fraction of sp³-hybridized carbons (Fsp3) is 0.217. The third-order valence-corrected chi connectivity index (χ3v) is 4.58. The molecule has 0 aliphatic rings. The monoisotopic (exact) mass is 392 g/mol. The Bertz CT molecular complexity index is 1080. The van der Waals surface area contributed by atoms with E-state index in [9.17, 15) is 9.59 Å². The first-order valence-electron chi connectivity index (χ1n) is 9.47. The molecule has 1 heterocycles. The van der Waals surface area contributed by atoms with Gasteiger partial charge in [-0.25, -0.2) is 9.59 Å². The number of esters is 2. The number of nitrogens with two attached hydrogens (primary N) is 1. The van der Waals surface area contributed by atoms with E-state index in [2.05, 4.69) is 0 Å². The summed E-state index contributed by atoms with van der Waals surface area (Å²) in [6, 6.07) is 15.2. The molecule has 29 heavy (non-hydrogen) atoms. The van der Waals surface area contributed by atoms with Gasteiger partial charge in [-0.2, -0.15) is 0 Å². The van der Waals surface area contributed by atoms with Crippen molar-refractivity contribution in [3.8, 4) is 11.3 Å². The molecule has 0 aliphatic heterocycles. The first-order chi connectivity index (χ1) is 14.0. The summed E-state index contributed by atoms with van der Waals surface area (Å²) < 4.78 is 12.3. The van der Waals surface area contributed by atoms with Crippen LogP contribution in [0.1, 0.15) is 19.4 Å². The van der Waals surface area contributed by atoms with E-state index in [4.69, 9.17) is 15.2 Å². The van der Waals surface area contributed by atoms with Gasteiger partial charge in [0.1, 0.15) is 0 Å². The van der Waals surface area contributed by atoms with Crippen LogP contribution in [0.25, 0.3) is 27.7 Å². The van der Waals surface area contributed by atoms with E-state index in [0.717, 1.165) is 22.2 Å². The van der Waals surface area contributed by atoms with Crippen LogP contribution in [0.5, 0.6) is 0 Å². The van der Waals surface area contributed by atoms with Crippen LogP contribution >= 0.6 is 0 Å². The van der Waals surface area contributed by atoms with Crippen LogP contribution in [-0.4, -0.2) is 29.7 Å². The van der Waals surface area contributed by atoms with Crippen molar-refractivity contribution in [1.82, 2.24) is 4.57 Å². The summed E-state index contributed by atoms with van der Waals surface area (Å²) in [5, 5.41) is 0.759. The summed E-state index contributed by atoms with van der Waals surface area (Å²) >= 11 is 0. The average molecular weight is 392 g/mol. The van der Waals surface area contributed by atoms with Crippen molar-refractivity contribution in [3.63, 3.8) is 0 Å². The number of nitrogen functional groups attached to an aromatic ring is 1. The molecule has 0 radical (unpaired) electrons. The number of hydrogen-bond acceptors (Lipinski definition) is 5. The van der Waals surface area contributed by atoms with Crippen LogP contribution in [0.15, 0.2) is 54.6 Å². The Morgan fingerprint density at radius 1 is 1.03 bits per heavy atom. The maximum Gasteiger partial charge on any atom is 0.339 e. The van der Waals surface area contributed by atoms with Crippen LogP contribution in [0.4, 0.5) is 5.69 Å². The molecule has 2 N–H and O–H groups in total. The van der Waals surface area contributed by atoms with Crippen molar-refractivity contribution in [2.45, 2.75) is 13.8 Å². The maximum atomic E-state index is 12.9. The first kappa shape index (κ1) is 20.2. The van der Waals surface area contributed by atoms with Gasteiger partial charge >= 0.3 is 11.9 Å². The van der Waals surface area contributed by atoms with Gasteiger partial charge in [0.05, 0.1) is 24.5 Å². The molecule has 0 bridgehead atoms. The number of aromatic nitrogens is 1. The summed E-state index contributed by atoms with van der Waals surface area (Å²) in [6.07, 6.45) is 1.20. The second kappa shape index (κ2) is 8.65. The summed E-state index contributed by atoms with van der Waals surface area (Å²) in [5.74, 6) is -1.19. The van der Waals surface area contributed by atoms with Gasteiger partial charge in [-0.3, -0.25) is 0 Å². The third-order valence-electron chi connectivity index (χ3n) is 4.58. The SMILES string of the molecule is CCOC(=O)/C=C(/C(=O)OCC)c1c(-c2ccccc2)n(C)c2ccc(N)cc12. The highest BCUT2D eigenvalue weighted by molar-refractivity contribution is 6.26. The second-order valence-corrected chi connectivity index (χ2v) is 6.46. The van der Waals surface area contributed by atoms with Crippen molar-refractivity contribution < 1.29 is 19.1 Å².